The maximum atomic E-state index is 12.4. The highest BCUT2D eigenvalue weighted by molar-refractivity contribution is 7.91. The van der Waals surface area contributed by atoms with Crippen LogP contribution in [0, 0.1) is 0 Å². The number of likely N-dealkylation sites (N-methyl/N-ethyl adjacent to an activating group) is 1. The fourth-order valence-corrected chi connectivity index (χ4v) is 5.43. The van der Waals surface area contributed by atoms with Crippen LogP contribution < -0.4 is 5.32 Å². The molecule has 2 aromatic heterocycles. The first-order valence-electron chi connectivity index (χ1n) is 6.48. The summed E-state index contributed by atoms with van der Waals surface area (Å²) in [6, 6.07) is 6.79. The molecule has 0 unspecified atom stereocenters. The molecule has 0 fully saturated rings. The minimum absolute atomic E-state index is 0.144. The topological polar surface area (TPSA) is 66.5 Å². The lowest BCUT2D eigenvalue weighted by molar-refractivity contribution is -0.121. The van der Waals surface area contributed by atoms with Gasteiger partial charge in [0.2, 0.25) is 5.91 Å². The van der Waals surface area contributed by atoms with Crippen LogP contribution in [0.15, 0.2) is 33.9 Å². The number of hydrogen-bond donors (Lipinski definition) is 1. The Kier molecular flexibility index (Phi) is 5.99. The number of amides is 1. The zero-order valence-corrected chi connectivity index (χ0v) is 15.0. The van der Waals surface area contributed by atoms with Gasteiger partial charge in [0.1, 0.15) is 4.21 Å². The van der Waals surface area contributed by atoms with Crippen molar-refractivity contribution in [3.63, 3.8) is 0 Å². The molecule has 1 N–H and O–H groups in total. The molecule has 120 valence electrons. The van der Waals surface area contributed by atoms with Crippen molar-refractivity contribution in [1.29, 1.82) is 0 Å². The maximum absolute atomic E-state index is 12.4. The van der Waals surface area contributed by atoms with E-state index in [4.69, 9.17) is 11.6 Å². The van der Waals surface area contributed by atoms with Gasteiger partial charge < -0.3 is 5.32 Å². The van der Waals surface area contributed by atoms with Crippen LogP contribution in [0.3, 0.4) is 0 Å². The van der Waals surface area contributed by atoms with Crippen molar-refractivity contribution in [1.82, 2.24) is 9.62 Å². The maximum Gasteiger partial charge on any atom is 0.253 e. The number of carbonyl (C=O) groups is 1. The summed E-state index contributed by atoms with van der Waals surface area (Å²) >= 11 is 8.30. The highest BCUT2D eigenvalue weighted by Gasteiger charge is 2.26. The first-order chi connectivity index (χ1) is 10.4. The van der Waals surface area contributed by atoms with Crippen LogP contribution in [0.2, 0.25) is 4.34 Å². The first-order valence-corrected chi connectivity index (χ1v) is 9.99. The van der Waals surface area contributed by atoms with Gasteiger partial charge in [0.25, 0.3) is 10.0 Å². The molecule has 0 radical (unpaired) electrons. The Morgan fingerprint density at radius 1 is 1.36 bits per heavy atom. The summed E-state index contributed by atoms with van der Waals surface area (Å²) in [6.07, 6.45) is 0. The van der Waals surface area contributed by atoms with Crippen LogP contribution >= 0.6 is 34.3 Å². The lowest BCUT2D eigenvalue weighted by Gasteiger charge is -2.18. The Labute approximate surface area is 142 Å². The van der Waals surface area contributed by atoms with Crippen molar-refractivity contribution in [3.05, 3.63) is 38.9 Å². The third kappa shape index (κ3) is 4.30. The van der Waals surface area contributed by atoms with E-state index in [1.165, 1.54) is 23.5 Å². The zero-order chi connectivity index (χ0) is 16.2. The molecule has 0 aromatic carbocycles. The van der Waals surface area contributed by atoms with Gasteiger partial charge >= 0.3 is 0 Å². The lowest BCUT2D eigenvalue weighted by atomic mass is 10.4. The van der Waals surface area contributed by atoms with E-state index < -0.39 is 10.0 Å². The number of sulfonamides is 1. The molecule has 0 bridgehead atoms. The monoisotopic (exact) mass is 378 g/mol. The molecule has 5 nitrogen and oxygen atoms in total. The second-order valence-corrected chi connectivity index (χ2v) is 9.26. The number of halogens is 1. The molecule has 2 rings (SSSR count). The molecule has 9 heteroatoms. The third-order valence-corrected chi connectivity index (χ3v) is 7.35. The molecule has 2 heterocycles. The second-order valence-electron chi connectivity index (χ2n) is 4.35. The summed E-state index contributed by atoms with van der Waals surface area (Å²) in [7, 11) is -3.69. The minimum atomic E-state index is -3.69. The summed E-state index contributed by atoms with van der Waals surface area (Å²) in [6.45, 7) is 2.10. The van der Waals surface area contributed by atoms with Gasteiger partial charge in [-0.2, -0.15) is 4.31 Å². The Morgan fingerprint density at radius 2 is 2.14 bits per heavy atom. The van der Waals surface area contributed by atoms with E-state index in [1.807, 2.05) is 17.5 Å². The van der Waals surface area contributed by atoms with Crippen LogP contribution in [0.25, 0.3) is 0 Å². The van der Waals surface area contributed by atoms with Crippen LogP contribution in [-0.4, -0.2) is 31.7 Å². The van der Waals surface area contributed by atoms with E-state index in [0.717, 1.165) is 20.5 Å². The van der Waals surface area contributed by atoms with Crippen molar-refractivity contribution >= 4 is 50.2 Å². The molecule has 2 aromatic rings. The van der Waals surface area contributed by atoms with E-state index in [0.29, 0.717) is 10.9 Å². The fraction of sp³-hybridized carbons (Fsp3) is 0.308. The number of nitrogens with zero attached hydrogens (tertiary/aromatic N) is 1. The standard InChI is InChI=1S/C13H15ClN2O3S3/c1-2-16(22(18,19)13-6-5-11(14)21-13)9-12(17)15-8-10-4-3-7-20-10/h3-7H,2,8-9H2,1H3,(H,15,17). The molecule has 0 aliphatic rings. The molecular formula is C13H15ClN2O3S3. The zero-order valence-electron chi connectivity index (χ0n) is 11.8. The van der Waals surface area contributed by atoms with Crippen molar-refractivity contribution in [2.75, 3.05) is 13.1 Å². The van der Waals surface area contributed by atoms with E-state index in [-0.39, 0.29) is 23.2 Å². The number of hydrogen-bond acceptors (Lipinski definition) is 5. The number of nitrogens with one attached hydrogen (secondary N) is 1. The Bertz CT molecular complexity index is 726. The molecule has 0 atom stereocenters. The highest BCUT2D eigenvalue weighted by atomic mass is 35.5. The van der Waals surface area contributed by atoms with Crippen LogP contribution in [-0.2, 0) is 21.4 Å². The number of rotatable bonds is 7. The van der Waals surface area contributed by atoms with Gasteiger partial charge in [0.05, 0.1) is 17.4 Å². The summed E-state index contributed by atoms with van der Waals surface area (Å²) in [5, 5.41) is 4.64. The van der Waals surface area contributed by atoms with E-state index in [9.17, 15) is 13.2 Å². The van der Waals surface area contributed by atoms with Crippen molar-refractivity contribution < 1.29 is 13.2 Å². The quantitative estimate of drug-likeness (QED) is 0.805. The molecule has 22 heavy (non-hydrogen) atoms. The molecular weight excluding hydrogens is 364 g/mol. The van der Waals surface area contributed by atoms with E-state index in [1.54, 1.807) is 6.92 Å². The largest absolute Gasteiger partial charge is 0.350 e. The summed E-state index contributed by atoms with van der Waals surface area (Å²) in [5.41, 5.74) is 0. The van der Waals surface area contributed by atoms with Gasteiger partial charge in [0, 0.05) is 11.4 Å². The summed E-state index contributed by atoms with van der Waals surface area (Å²) < 4.78 is 26.6. The predicted octanol–water partition coefficient (Wildman–Crippen LogP) is 2.79. The number of thiophene rings is 2. The van der Waals surface area contributed by atoms with E-state index >= 15 is 0 Å². The SMILES string of the molecule is CCN(CC(=O)NCc1cccs1)S(=O)(=O)c1ccc(Cl)s1. The third-order valence-electron chi connectivity index (χ3n) is 2.86. The Hall–Kier alpha value is -0.930. The predicted molar refractivity (Wildman–Crippen MR) is 89.9 cm³/mol. The first kappa shape index (κ1) is 17.4. The van der Waals surface area contributed by atoms with Crippen molar-refractivity contribution in [2.24, 2.45) is 0 Å². The lowest BCUT2D eigenvalue weighted by Crippen LogP contribution is -2.40. The smallest absolute Gasteiger partial charge is 0.253 e. The second kappa shape index (κ2) is 7.56. The van der Waals surface area contributed by atoms with Gasteiger partial charge in [-0.1, -0.05) is 24.6 Å². The molecule has 0 aliphatic carbocycles. The van der Waals surface area contributed by atoms with Gasteiger partial charge in [-0.15, -0.1) is 22.7 Å². The van der Waals surface area contributed by atoms with Gasteiger partial charge in [-0.25, -0.2) is 8.42 Å². The molecule has 0 spiro atoms. The molecule has 0 aliphatic heterocycles. The minimum Gasteiger partial charge on any atom is -0.350 e. The Morgan fingerprint density at radius 3 is 2.68 bits per heavy atom. The van der Waals surface area contributed by atoms with Gasteiger partial charge in [0.15, 0.2) is 0 Å². The van der Waals surface area contributed by atoms with Gasteiger partial charge in [-0.3, -0.25) is 4.79 Å². The van der Waals surface area contributed by atoms with E-state index in [2.05, 4.69) is 5.32 Å². The fourth-order valence-electron chi connectivity index (χ4n) is 1.75. The van der Waals surface area contributed by atoms with Crippen LogP contribution in [0.5, 0.6) is 0 Å². The van der Waals surface area contributed by atoms with Crippen molar-refractivity contribution in [2.45, 2.75) is 17.7 Å². The molecule has 0 saturated heterocycles. The summed E-state index contributed by atoms with van der Waals surface area (Å²) in [4.78, 5) is 13.0. The van der Waals surface area contributed by atoms with Crippen LogP contribution in [0.4, 0.5) is 0 Å². The average Bonchev–Trinajstić information content (AvgIpc) is 3.13. The van der Waals surface area contributed by atoms with Crippen molar-refractivity contribution in [3.8, 4) is 0 Å². The number of carbonyl (C=O) groups excluding carboxylic acids is 1. The molecule has 0 saturated carbocycles. The Balaban J connectivity index is 2.00. The highest BCUT2D eigenvalue weighted by Crippen LogP contribution is 2.27. The summed E-state index contributed by atoms with van der Waals surface area (Å²) in [5.74, 6) is -0.332. The van der Waals surface area contributed by atoms with Crippen LogP contribution in [0.1, 0.15) is 11.8 Å². The van der Waals surface area contributed by atoms with Gasteiger partial charge in [-0.05, 0) is 23.6 Å². The molecule has 1 amide bonds. The normalized spacial score (nSPS) is 11.8. The average molecular weight is 379 g/mol.